The van der Waals surface area contributed by atoms with Crippen LogP contribution in [0.1, 0.15) is 18.1 Å². The SMILES string of the molecule is CCOC(=O)[C@H](Cc1ccccc1)NC(=S)Cc1ccccc1. The average Bonchev–Trinajstić information content (AvgIpc) is 2.56. The first-order valence-electron chi connectivity index (χ1n) is 7.73. The largest absolute Gasteiger partial charge is 0.464 e. The van der Waals surface area contributed by atoms with Crippen molar-refractivity contribution in [1.29, 1.82) is 0 Å². The van der Waals surface area contributed by atoms with Crippen molar-refractivity contribution in [3.8, 4) is 0 Å². The summed E-state index contributed by atoms with van der Waals surface area (Å²) in [4.78, 5) is 12.8. The third-order valence-electron chi connectivity index (χ3n) is 3.40. The van der Waals surface area contributed by atoms with Crippen LogP contribution in [0.25, 0.3) is 0 Å². The maximum Gasteiger partial charge on any atom is 0.328 e. The molecule has 0 amide bonds. The fraction of sp³-hybridized carbons (Fsp3) is 0.263. The number of hydrogen-bond donors (Lipinski definition) is 1. The van der Waals surface area contributed by atoms with Gasteiger partial charge in [0.25, 0.3) is 0 Å². The second-order valence-electron chi connectivity index (χ2n) is 5.22. The van der Waals surface area contributed by atoms with E-state index in [1.54, 1.807) is 6.92 Å². The van der Waals surface area contributed by atoms with Gasteiger partial charge in [0.1, 0.15) is 6.04 Å². The number of nitrogens with one attached hydrogen (secondary N) is 1. The van der Waals surface area contributed by atoms with Crippen LogP contribution in [0.2, 0.25) is 0 Å². The predicted octanol–water partition coefficient (Wildman–Crippen LogP) is 3.32. The molecule has 3 nitrogen and oxygen atoms in total. The summed E-state index contributed by atoms with van der Waals surface area (Å²) >= 11 is 5.41. The third kappa shape index (κ3) is 5.83. The topological polar surface area (TPSA) is 38.3 Å². The monoisotopic (exact) mass is 327 g/mol. The van der Waals surface area contributed by atoms with Crippen LogP contribution < -0.4 is 5.32 Å². The molecule has 0 spiro atoms. The van der Waals surface area contributed by atoms with Crippen molar-refractivity contribution in [3.05, 3.63) is 71.8 Å². The highest BCUT2D eigenvalue weighted by molar-refractivity contribution is 7.80. The van der Waals surface area contributed by atoms with Crippen molar-refractivity contribution < 1.29 is 9.53 Å². The van der Waals surface area contributed by atoms with Crippen molar-refractivity contribution in [2.24, 2.45) is 0 Å². The lowest BCUT2D eigenvalue weighted by atomic mass is 10.1. The minimum atomic E-state index is -0.464. The highest BCUT2D eigenvalue weighted by atomic mass is 32.1. The van der Waals surface area contributed by atoms with Gasteiger partial charge in [-0.3, -0.25) is 0 Å². The molecule has 0 bridgehead atoms. The lowest BCUT2D eigenvalue weighted by Crippen LogP contribution is -2.43. The van der Waals surface area contributed by atoms with Crippen LogP contribution in [-0.2, 0) is 22.4 Å². The van der Waals surface area contributed by atoms with Crippen molar-refractivity contribution in [2.75, 3.05) is 6.61 Å². The maximum absolute atomic E-state index is 12.2. The van der Waals surface area contributed by atoms with Gasteiger partial charge >= 0.3 is 5.97 Å². The van der Waals surface area contributed by atoms with E-state index in [2.05, 4.69) is 5.32 Å². The first-order chi connectivity index (χ1) is 11.2. The molecule has 4 heteroatoms. The zero-order valence-corrected chi connectivity index (χ0v) is 14.0. The van der Waals surface area contributed by atoms with E-state index in [1.165, 1.54) is 0 Å². The van der Waals surface area contributed by atoms with Gasteiger partial charge in [0.15, 0.2) is 0 Å². The molecular formula is C19H21NO2S. The molecule has 1 N–H and O–H groups in total. The molecule has 0 fully saturated rings. The van der Waals surface area contributed by atoms with Gasteiger partial charge < -0.3 is 10.1 Å². The highest BCUT2D eigenvalue weighted by Crippen LogP contribution is 2.07. The number of rotatable bonds is 7. The van der Waals surface area contributed by atoms with Gasteiger partial charge in [0, 0.05) is 12.8 Å². The Hall–Kier alpha value is -2.20. The molecule has 0 heterocycles. The predicted molar refractivity (Wildman–Crippen MR) is 96.4 cm³/mol. The first-order valence-corrected chi connectivity index (χ1v) is 8.13. The van der Waals surface area contributed by atoms with Gasteiger partial charge in [-0.2, -0.15) is 0 Å². The summed E-state index contributed by atoms with van der Waals surface area (Å²) in [5.74, 6) is -0.272. The molecule has 0 aliphatic carbocycles. The quantitative estimate of drug-likeness (QED) is 0.625. The van der Waals surface area contributed by atoms with Gasteiger partial charge in [-0.15, -0.1) is 0 Å². The summed E-state index contributed by atoms with van der Waals surface area (Å²) in [7, 11) is 0. The highest BCUT2D eigenvalue weighted by Gasteiger charge is 2.21. The molecule has 2 rings (SSSR count). The molecule has 0 saturated carbocycles. The Labute approximate surface area is 142 Å². The van der Waals surface area contributed by atoms with E-state index in [1.807, 2.05) is 60.7 Å². The fourth-order valence-corrected chi connectivity index (χ4v) is 2.62. The molecule has 23 heavy (non-hydrogen) atoms. The van der Waals surface area contributed by atoms with Crippen LogP contribution in [0.5, 0.6) is 0 Å². The van der Waals surface area contributed by atoms with Gasteiger partial charge in [-0.05, 0) is 18.1 Å². The lowest BCUT2D eigenvalue weighted by Gasteiger charge is -2.19. The Kier molecular flexibility index (Phi) is 6.76. The van der Waals surface area contributed by atoms with E-state index < -0.39 is 6.04 Å². The summed E-state index contributed by atoms with van der Waals surface area (Å²) in [6.07, 6.45) is 1.16. The summed E-state index contributed by atoms with van der Waals surface area (Å²) in [5, 5.41) is 3.16. The van der Waals surface area contributed by atoms with Crippen LogP contribution in [0, 0.1) is 0 Å². The van der Waals surface area contributed by atoms with Crippen LogP contribution in [0.15, 0.2) is 60.7 Å². The second-order valence-corrected chi connectivity index (χ2v) is 5.72. The summed E-state index contributed by atoms with van der Waals surface area (Å²) < 4.78 is 5.17. The Morgan fingerprint density at radius 3 is 2.17 bits per heavy atom. The number of esters is 1. The Balaban J connectivity index is 2.01. The van der Waals surface area contributed by atoms with Crippen molar-refractivity contribution in [2.45, 2.75) is 25.8 Å². The van der Waals surface area contributed by atoms with Gasteiger partial charge in [-0.1, -0.05) is 72.9 Å². The average molecular weight is 327 g/mol. The van der Waals surface area contributed by atoms with Crippen molar-refractivity contribution >= 4 is 23.2 Å². The third-order valence-corrected chi connectivity index (χ3v) is 3.66. The maximum atomic E-state index is 12.2. The molecule has 0 saturated heterocycles. The molecule has 0 aromatic heterocycles. The van der Waals surface area contributed by atoms with Gasteiger partial charge in [-0.25, -0.2) is 4.79 Å². The van der Waals surface area contributed by atoms with Gasteiger partial charge in [0.05, 0.1) is 11.6 Å². The van der Waals surface area contributed by atoms with E-state index in [0.717, 1.165) is 11.1 Å². The Morgan fingerprint density at radius 1 is 1.04 bits per heavy atom. The van der Waals surface area contributed by atoms with Gasteiger partial charge in [0.2, 0.25) is 0 Å². The minimum absolute atomic E-state index is 0.272. The Morgan fingerprint density at radius 2 is 1.61 bits per heavy atom. The smallest absolute Gasteiger partial charge is 0.328 e. The normalized spacial score (nSPS) is 11.5. The lowest BCUT2D eigenvalue weighted by molar-refractivity contribution is -0.145. The minimum Gasteiger partial charge on any atom is -0.464 e. The molecule has 2 aromatic carbocycles. The number of hydrogen-bond acceptors (Lipinski definition) is 3. The standard InChI is InChI=1S/C19H21NO2S/c1-2-22-19(21)17(13-15-9-5-3-6-10-15)20-18(23)14-16-11-7-4-8-12-16/h3-12,17H,2,13-14H2,1H3,(H,20,23)/t17-/m0/s1. The van der Waals surface area contributed by atoms with E-state index >= 15 is 0 Å². The zero-order chi connectivity index (χ0) is 16.5. The number of ether oxygens (including phenoxy) is 1. The van der Waals surface area contributed by atoms with E-state index in [4.69, 9.17) is 17.0 Å². The van der Waals surface area contributed by atoms with E-state index in [0.29, 0.717) is 24.4 Å². The Bertz CT molecular complexity index is 628. The number of thiocarbonyl (C=S) groups is 1. The van der Waals surface area contributed by atoms with Crippen LogP contribution in [-0.4, -0.2) is 23.6 Å². The number of benzene rings is 2. The van der Waals surface area contributed by atoms with Crippen LogP contribution >= 0.6 is 12.2 Å². The molecular weight excluding hydrogens is 306 g/mol. The molecule has 0 aliphatic rings. The van der Waals surface area contributed by atoms with Crippen molar-refractivity contribution in [3.63, 3.8) is 0 Å². The second kappa shape index (κ2) is 9.06. The molecule has 2 aromatic rings. The summed E-state index contributed by atoms with van der Waals surface area (Å²) in [6, 6.07) is 19.4. The summed E-state index contributed by atoms with van der Waals surface area (Å²) in [5.41, 5.74) is 2.19. The van der Waals surface area contributed by atoms with Crippen LogP contribution in [0.3, 0.4) is 0 Å². The molecule has 120 valence electrons. The number of carbonyl (C=O) groups is 1. The summed E-state index contributed by atoms with van der Waals surface area (Å²) in [6.45, 7) is 2.16. The molecule has 0 radical (unpaired) electrons. The molecule has 0 unspecified atom stereocenters. The van der Waals surface area contributed by atoms with E-state index in [-0.39, 0.29) is 5.97 Å². The molecule has 0 aliphatic heterocycles. The van der Waals surface area contributed by atoms with Crippen molar-refractivity contribution in [1.82, 2.24) is 5.32 Å². The van der Waals surface area contributed by atoms with E-state index in [9.17, 15) is 4.79 Å². The zero-order valence-electron chi connectivity index (χ0n) is 13.2. The van der Waals surface area contributed by atoms with Crippen LogP contribution in [0.4, 0.5) is 0 Å². The number of carbonyl (C=O) groups excluding carboxylic acids is 1. The first kappa shape index (κ1) is 17.2. The fourth-order valence-electron chi connectivity index (χ4n) is 2.31. The molecule has 1 atom stereocenters.